The molecule has 0 heterocycles. The number of rotatable bonds is 3. The highest BCUT2D eigenvalue weighted by molar-refractivity contribution is 6.32. The molecule has 5 heteroatoms. The average molecular weight is 230 g/mol. The van der Waals surface area contributed by atoms with E-state index in [-0.39, 0.29) is 17.2 Å². The number of phenols is 1. The third-order valence-corrected chi connectivity index (χ3v) is 2.37. The molecule has 0 bridgehead atoms. The predicted molar refractivity (Wildman–Crippen MR) is 57.2 cm³/mol. The van der Waals surface area contributed by atoms with E-state index in [4.69, 9.17) is 22.4 Å². The number of nitrogens with two attached hydrogens (primary N) is 1. The second-order valence-electron chi connectivity index (χ2n) is 3.39. The summed E-state index contributed by atoms with van der Waals surface area (Å²) in [4.78, 5) is 10.5. The van der Waals surface area contributed by atoms with Gasteiger partial charge < -0.3 is 15.9 Å². The van der Waals surface area contributed by atoms with E-state index in [1.165, 1.54) is 6.07 Å². The van der Waals surface area contributed by atoms with Crippen molar-refractivity contribution in [1.82, 2.24) is 0 Å². The molecule has 1 rings (SSSR count). The number of hydrogen-bond acceptors (Lipinski definition) is 3. The summed E-state index contributed by atoms with van der Waals surface area (Å²) in [5.41, 5.74) is 6.69. The maximum Gasteiger partial charge on any atom is 0.320 e. The van der Waals surface area contributed by atoms with Gasteiger partial charge in [0.15, 0.2) is 0 Å². The van der Waals surface area contributed by atoms with Gasteiger partial charge in [-0.1, -0.05) is 17.7 Å². The highest BCUT2D eigenvalue weighted by atomic mass is 35.5. The molecule has 1 aromatic carbocycles. The quantitative estimate of drug-likeness (QED) is 0.730. The smallest absolute Gasteiger partial charge is 0.320 e. The summed E-state index contributed by atoms with van der Waals surface area (Å²) in [6.45, 7) is 1.69. The number of aryl methyl sites for hydroxylation is 1. The van der Waals surface area contributed by atoms with Crippen LogP contribution in [0.4, 0.5) is 0 Å². The third-order valence-electron chi connectivity index (χ3n) is 2.09. The van der Waals surface area contributed by atoms with E-state index < -0.39 is 12.0 Å². The molecular weight excluding hydrogens is 218 g/mol. The summed E-state index contributed by atoms with van der Waals surface area (Å²) >= 11 is 5.74. The number of benzene rings is 1. The van der Waals surface area contributed by atoms with Gasteiger partial charge in [0.2, 0.25) is 0 Å². The maximum absolute atomic E-state index is 10.5. The number of carbonyl (C=O) groups is 1. The molecule has 0 aliphatic carbocycles. The van der Waals surface area contributed by atoms with Gasteiger partial charge >= 0.3 is 5.97 Å². The summed E-state index contributed by atoms with van der Waals surface area (Å²) in [6, 6.07) is 2.24. The lowest BCUT2D eigenvalue weighted by Gasteiger charge is -2.09. The first-order chi connectivity index (χ1) is 6.91. The van der Waals surface area contributed by atoms with Crippen LogP contribution in [-0.4, -0.2) is 22.2 Å². The van der Waals surface area contributed by atoms with Gasteiger partial charge in [-0.3, -0.25) is 4.79 Å². The molecule has 0 aliphatic heterocycles. The Morgan fingerprint density at radius 3 is 2.67 bits per heavy atom. The van der Waals surface area contributed by atoms with E-state index in [1.54, 1.807) is 13.0 Å². The number of hydrogen-bond donors (Lipinski definition) is 3. The van der Waals surface area contributed by atoms with Crippen LogP contribution < -0.4 is 5.73 Å². The highest BCUT2D eigenvalue weighted by Gasteiger charge is 2.13. The minimum absolute atomic E-state index is 0.0179. The first kappa shape index (κ1) is 11.8. The monoisotopic (exact) mass is 229 g/mol. The Morgan fingerprint density at radius 2 is 2.20 bits per heavy atom. The Labute approximate surface area is 92.3 Å². The van der Waals surface area contributed by atoms with Crippen LogP contribution in [0.3, 0.4) is 0 Å². The highest BCUT2D eigenvalue weighted by Crippen LogP contribution is 2.28. The van der Waals surface area contributed by atoms with E-state index in [0.717, 1.165) is 0 Å². The molecule has 1 atom stereocenters. The minimum Gasteiger partial charge on any atom is -0.506 e. The molecule has 15 heavy (non-hydrogen) atoms. The van der Waals surface area contributed by atoms with Crippen LogP contribution in [0, 0.1) is 6.92 Å². The lowest BCUT2D eigenvalue weighted by molar-refractivity contribution is -0.138. The second kappa shape index (κ2) is 4.51. The molecule has 4 nitrogen and oxygen atoms in total. The van der Waals surface area contributed by atoms with Crippen molar-refractivity contribution in [2.45, 2.75) is 19.4 Å². The van der Waals surface area contributed by atoms with Gasteiger partial charge in [0.05, 0.1) is 5.02 Å². The van der Waals surface area contributed by atoms with Crippen LogP contribution in [0.1, 0.15) is 11.1 Å². The molecule has 0 spiro atoms. The molecule has 0 fully saturated rings. The number of phenolic OH excluding ortho intramolecular Hbond substituents is 1. The van der Waals surface area contributed by atoms with Crippen molar-refractivity contribution >= 4 is 17.6 Å². The van der Waals surface area contributed by atoms with Crippen molar-refractivity contribution in [2.24, 2.45) is 5.73 Å². The molecule has 0 saturated carbocycles. The number of aromatic hydroxyl groups is 1. The predicted octanol–water partition coefficient (Wildman–Crippen LogP) is 1.31. The Bertz CT molecular complexity index is 369. The standard InChI is InChI=1S/C10H12ClNO3/c1-5-2-6(3-7(11)9(5)13)4-8(12)10(14)15/h2-3,8,13H,4,12H2,1H3,(H,14,15). The van der Waals surface area contributed by atoms with Gasteiger partial charge in [-0.2, -0.15) is 0 Å². The van der Waals surface area contributed by atoms with Crippen LogP contribution in [0.2, 0.25) is 5.02 Å². The summed E-state index contributed by atoms with van der Waals surface area (Å²) < 4.78 is 0. The van der Waals surface area contributed by atoms with Gasteiger partial charge in [0.25, 0.3) is 0 Å². The van der Waals surface area contributed by atoms with Crippen molar-refractivity contribution in [2.75, 3.05) is 0 Å². The van der Waals surface area contributed by atoms with Gasteiger partial charge in [-0.15, -0.1) is 0 Å². The van der Waals surface area contributed by atoms with E-state index in [9.17, 15) is 9.90 Å². The van der Waals surface area contributed by atoms with Crippen molar-refractivity contribution in [3.8, 4) is 5.75 Å². The van der Waals surface area contributed by atoms with Crippen molar-refractivity contribution < 1.29 is 15.0 Å². The number of carboxylic acids is 1. The third kappa shape index (κ3) is 2.84. The Hall–Kier alpha value is -1.26. The van der Waals surface area contributed by atoms with Crippen LogP contribution >= 0.6 is 11.6 Å². The fraction of sp³-hybridized carbons (Fsp3) is 0.300. The van der Waals surface area contributed by atoms with Gasteiger partial charge in [0.1, 0.15) is 11.8 Å². The Kier molecular flexibility index (Phi) is 3.55. The molecule has 0 amide bonds. The number of carboxylic acid groups (broad SMARTS) is 1. The van der Waals surface area contributed by atoms with Crippen LogP contribution in [0.25, 0.3) is 0 Å². The topological polar surface area (TPSA) is 83.6 Å². The van der Waals surface area contributed by atoms with E-state index in [0.29, 0.717) is 11.1 Å². The van der Waals surface area contributed by atoms with Gasteiger partial charge in [0, 0.05) is 0 Å². The van der Waals surface area contributed by atoms with Crippen LogP contribution in [0.15, 0.2) is 12.1 Å². The summed E-state index contributed by atoms with van der Waals surface area (Å²) in [5.74, 6) is -1.04. The fourth-order valence-corrected chi connectivity index (χ4v) is 1.56. The first-order valence-corrected chi connectivity index (χ1v) is 4.76. The zero-order valence-corrected chi connectivity index (χ0v) is 8.95. The molecule has 0 radical (unpaired) electrons. The fourth-order valence-electron chi connectivity index (χ4n) is 1.27. The molecule has 0 aromatic heterocycles. The summed E-state index contributed by atoms with van der Waals surface area (Å²) in [7, 11) is 0. The summed E-state index contributed by atoms with van der Waals surface area (Å²) in [5, 5.41) is 18.2. The van der Waals surface area contributed by atoms with E-state index >= 15 is 0 Å². The summed E-state index contributed by atoms with van der Waals surface area (Å²) in [6.07, 6.45) is 0.191. The minimum atomic E-state index is -1.06. The molecule has 0 aliphatic rings. The van der Waals surface area contributed by atoms with Crippen LogP contribution in [0.5, 0.6) is 5.75 Å². The van der Waals surface area contributed by atoms with E-state index in [1.807, 2.05) is 0 Å². The molecule has 1 unspecified atom stereocenters. The Morgan fingerprint density at radius 1 is 1.60 bits per heavy atom. The first-order valence-electron chi connectivity index (χ1n) is 4.38. The average Bonchev–Trinajstić information content (AvgIpc) is 2.13. The SMILES string of the molecule is Cc1cc(CC(N)C(=O)O)cc(Cl)c1O. The molecular formula is C10H12ClNO3. The lowest BCUT2D eigenvalue weighted by Crippen LogP contribution is -2.32. The lowest BCUT2D eigenvalue weighted by atomic mass is 10.0. The maximum atomic E-state index is 10.5. The largest absolute Gasteiger partial charge is 0.506 e. The zero-order chi connectivity index (χ0) is 11.6. The molecule has 4 N–H and O–H groups in total. The van der Waals surface area contributed by atoms with Crippen molar-refractivity contribution in [1.29, 1.82) is 0 Å². The van der Waals surface area contributed by atoms with Gasteiger partial charge in [-0.05, 0) is 30.5 Å². The molecule has 1 aromatic rings. The molecule has 0 saturated heterocycles. The number of aliphatic carboxylic acids is 1. The van der Waals surface area contributed by atoms with Crippen molar-refractivity contribution in [3.63, 3.8) is 0 Å². The van der Waals surface area contributed by atoms with Crippen molar-refractivity contribution in [3.05, 3.63) is 28.3 Å². The molecule has 82 valence electrons. The normalized spacial score (nSPS) is 12.5. The Balaban J connectivity index is 2.92. The van der Waals surface area contributed by atoms with Crippen LogP contribution in [-0.2, 0) is 11.2 Å². The van der Waals surface area contributed by atoms with Gasteiger partial charge in [-0.25, -0.2) is 0 Å². The second-order valence-corrected chi connectivity index (χ2v) is 3.80. The number of halogens is 1. The zero-order valence-electron chi connectivity index (χ0n) is 8.20. The van der Waals surface area contributed by atoms with E-state index in [2.05, 4.69) is 0 Å².